The van der Waals surface area contributed by atoms with Gasteiger partial charge in [-0.2, -0.15) is 4.72 Å². The van der Waals surface area contributed by atoms with Crippen molar-refractivity contribution in [1.29, 1.82) is 0 Å². The van der Waals surface area contributed by atoms with Crippen molar-refractivity contribution in [3.63, 3.8) is 0 Å². The van der Waals surface area contributed by atoms with Crippen LogP contribution in [-0.4, -0.2) is 27.0 Å². The van der Waals surface area contributed by atoms with E-state index in [2.05, 4.69) is 10.0 Å². The molecule has 0 aromatic heterocycles. The van der Waals surface area contributed by atoms with Gasteiger partial charge in [0, 0.05) is 5.69 Å². The molecule has 0 spiro atoms. The highest BCUT2D eigenvalue weighted by Gasteiger charge is 2.23. The summed E-state index contributed by atoms with van der Waals surface area (Å²) in [6.45, 7) is 7.61. The Morgan fingerprint density at radius 2 is 1.85 bits per heavy atom. The number of anilines is 1. The van der Waals surface area contributed by atoms with Crippen LogP contribution in [0.5, 0.6) is 5.75 Å². The number of benzene rings is 2. The molecule has 0 aliphatic carbocycles. The summed E-state index contributed by atoms with van der Waals surface area (Å²) in [5.74, 6) is -0.0579. The van der Waals surface area contributed by atoms with E-state index in [1.54, 1.807) is 13.0 Å². The second-order valence-corrected chi connectivity index (χ2v) is 8.28. The lowest BCUT2D eigenvalue weighted by atomic mass is 10.1. The third-order valence-corrected chi connectivity index (χ3v) is 5.85. The zero-order valence-electron chi connectivity index (χ0n) is 15.7. The minimum absolute atomic E-state index is 0.0400. The summed E-state index contributed by atoms with van der Waals surface area (Å²) in [7, 11) is -3.92. The normalized spacial score (nSPS) is 12.5. The Kier molecular flexibility index (Phi) is 6.86. The maximum absolute atomic E-state index is 12.5. The SMILES string of the molecule is CCOc1ccc(S(=O)(=O)N[C@@H](C)C(=O)Nc2ccc(C)c(C)c2)cc1Cl. The predicted molar refractivity (Wildman–Crippen MR) is 107 cm³/mol. The van der Waals surface area contributed by atoms with E-state index in [-0.39, 0.29) is 9.92 Å². The van der Waals surface area contributed by atoms with Gasteiger partial charge in [0.25, 0.3) is 0 Å². The molecule has 2 aromatic carbocycles. The number of halogens is 1. The quantitative estimate of drug-likeness (QED) is 0.729. The maximum atomic E-state index is 12.5. The second-order valence-electron chi connectivity index (χ2n) is 6.16. The zero-order valence-corrected chi connectivity index (χ0v) is 17.2. The highest BCUT2D eigenvalue weighted by Crippen LogP contribution is 2.27. The summed E-state index contributed by atoms with van der Waals surface area (Å²) in [5, 5.41) is 2.90. The molecule has 0 aliphatic rings. The first kappa shape index (κ1) is 21.2. The molecule has 27 heavy (non-hydrogen) atoms. The predicted octanol–water partition coefficient (Wildman–Crippen LogP) is 3.66. The van der Waals surface area contributed by atoms with E-state index in [0.29, 0.717) is 18.0 Å². The summed E-state index contributed by atoms with van der Waals surface area (Å²) in [4.78, 5) is 12.3. The molecule has 0 radical (unpaired) electrons. The van der Waals surface area contributed by atoms with E-state index in [4.69, 9.17) is 16.3 Å². The van der Waals surface area contributed by atoms with E-state index < -0.39 is 22.0 Å². The topological polar surface area (TPSA) is 84.5 Å². The number of sulfonamides is 1. The Balaban J connectivity index is 2.10. The highest BCUT2D eigenvalue weighted by molar-refractivity contribution is 7.89. The van der Waals surface area contributed by atoms with Crippen LogP contribution in [-0.2, 0) is 14.8 Å². The van der Waals surface area contributed by atoms with Crippen LogP contribution in [0.25, 0.3) is 0 Å². The van der Waals surface area contributed by atoms with E-state index in [0.717, 1.165) is 11.1 Å². The number of nitrogens with one attached hydrogen (secondary N) is 2. The smallest absolute Gasteiger partial charge is 0.242 e. The number of carbonyl (C=O) groups excluding carboxylic acids is 1. The van der Waals surface area contributed by atoms with Gasteiger partial charge in [0.05, 0.1) is 22.6 Å². The van der Waals surface area contributed by atoms with Gasteiger partial charge in [0.2, 0.25) is 15.9 Å². The highest BCUT2D eigenvalue weighted by atomic mass is 35.5. The molecule has 0 saturated carbocycles. The maximum Gasteiger partial charge on any atom is 0.242 e. The Bertz CT molecular complexity index is 945. The lowest BCUT2D eigenvalue weighted by molar-refractivity contribution is -0.117. The molecule has 146 valence electrons. The van der Waals surface area contributed by atoms with Crippen molar-refractivity contribution in [3.8, 4) is 5.75 Å². The molecule has 2 aromatic rings. The van der Waals surface area contributed by atoms with Gasteiger partial charge in [0.15, 0.2) is 0 Å². The Hall–Kier alpha value is -2.09. The fourth-order valence-corrected chi connectivity index (χ4v) is 3.87. The molecule has 0 heterocycles. The minimum atomic E-state index is -3.92. The van der Waals surface area contributed by atoms with Gasteiger partial charge in [-0.3, -0.25) is 4.79 Å². The third kappa shape index (κ3) is 5.45. The van der Waals surface area contributed by atoms with Gasteiger partial charge >= 0.3 is 0 Å². The van der Waals surface area contributed by atoms with Crippen molar-refractivity contribution >= 4 is 33.2 Å². The van der Waals surface area contributed by atoms with Gasteiger partial charge < -0.3 is 10.1 Å². The lowest BCUT2D eigenvalue weighted by Crippen LogP contribution is -2.41. The number of hydrogen-bond acceptors (Lipinski definition) is 4. The summed E-state index contributed by atoms with van der Waals surface area (Å²) in [6, 6.07) is 8.69. The Labute approximate surface area is 164 Å². The Morgan fingerprint density at radius 1 is 1.15 bits per heavy atom. The number of amides is 1. The molecule has 0 fully saturated rings. The molecule has 1 amide bonds. The summed E-state index contributed by atoms with van der Waals surface area (Å²) in [5.41, 5.74) is 2.75. The molecule has 2 N–H and O–H groups in total. The first-order valence-corrected chi connectivity index (χ1v) is 10.3. The van der Waals surface area contributed by atoms with Crippen molar-refractivity contribution in [2.24, 2.45) is 0 Å². The van der Waals surface area contributed by atoms with Crippen LogP contribution >= 0.6 is 11.6 Å². The second kappa shape index (κ2) is 8.73. The third-order valence-electron chi connectivity index (χ3n) is 4.01. The lowest BCUT2D eigenvalue weighted by Gasteiger charge is -2.16. The zero-order chi connectivity index (χ0) is 20.2. The molecular weight excluding hydrogens is 388 g/mol. The van der Waals surface area contributed by atoms with Crippen LogP contribution in [0.1, 0.15) is 25.0 Å². The van der Waals surface area contributed by atoms with Crippen LogP contribution in [0.4, 0.5) is 5.69 Å². The monoisotopic (exact) mass is 410 g/mol. The summed E-state index contributed by atoms with van der Waals surface area (Å²) < 4.78 is 32.7. The van der Waals surface area contributed by atoms with Crippen molar-refractivity contribution in [2.75, 3.05) is 11.9 Å². The van der Waals surface area contributed by atoms with Crippen LogP contribution in [0.15, 0.2) is 41.3 Å². The molecule has 0 unspecified atom stereocenters. The molecule has 0 saturated heterocycles. The van der Waals surface area contributed by atoms with Gasteiger partial charge in [-0.15, -0.1) is 0 Å². The molecule has 0 bridgehead atoms. The number of carbonyl (C=O) groups is 1. The fraction of sp³-hybridized carbons (Fsp3) is 0.316. The largest absolute Gasteiger partial charge is 0.492 e. The van der Waals surface area contributed by atoms with E-state index >= 15 is 0 Å². The first-order chi connectivity index (χ1) is 12.6. The van der Waals surface area contributed by atoms with Crippen molar-refractivity contribution in [3.05, 3.63) is 52.5 Å². The number of aryl methyl sites for hydroxylation is 2. The van der Waals surface area contributed by atoms with Crippen molar-refractivity contribution in [2.45, 2.75) is 38.6 Å². The molecule has 8 heteroatoms. The van der Waals surface area contributed by atoms with Crippen LogP contribution in [0.3, 0.4) is 0 Å². The van der Waals surface area contributed by atoms with Crippen molar-refractivity contribution < 1.29 is 17.9 Å². The summed E-state index contributed by atoms with van der Waals surface area (Å²) >= 11 is 6.05. The molecule has 1 atom stereocenters. The average Bonchev–Trinajstić information content (AvgIpc) is 2.59. The van der Waals surface area contributed by atoms with E-state index in [1.165, 1.54) is 25.1 Å². The van der Waals surface area contributed by atoms with Crippen LogP contribution < -0.4 is 14.8 Å². The molecule has 6 nitrogen and oxygen atoms in total. The van der Waals surface area contributed by atoms with Gasteiger partial charge in [0.1, 0.15) is 5.75 Å². The van der Waals surface area contributed by atoms with Gasteiger partial charge in [-0.25, -0.2) is 8.42 Å². The molecular formula is C19H23ClN2O4S. The standard InChI is InChI=1S/C19H23ClN2O4S/c1-5-26-18-9-8-16(11-17(18)20)27(24,25)22-14(4)19(23)21-15-7-6-12(2)13(3)10-15/h6-11,14,22H,5H2,1-4H3,(H,21,23)/t14-/m0/s1. The molecule has 0 aliphatic heterocycles. The number of ether oxygens (including phenoxy) is 1. The van der Waals surface area contributed by atoms with Crippen molar-refractivity contribution in [1.82, 2.24) is 4.72 Å². The van der Waals surface area contributed by atoms with Crippen LogP contribution in [0.2, 0.25) is 5.02 Å². The number of hydrogen-bond donors (Lipinski definition) is 2. The average molecular weight is 411 g/mol. The summed E-state index contributed by atoms with van der Waals surface area (Å²) in [6.07, 6.45) is 0. The fourth-order valence-electron chi connectivity index (χ4n) is 2.35. The van der Waals surface area contributed by atoms with Gasteiger partial charge in [-0.1, -0.05) is 17.7 Å². The Morgan fingerprint density at radius 3 is 2.44 bits per heavy atom. The van der Waals surface area contributed by atoms with Crippen LogP contribution in [0, 0.1) is 13.8 Å². The first-order valence-electron chi connectivity index (χ1n) is 8.47. The van der Waals surface area contributed by atoms with E-state index in [1.807, 2.05) is 26.0 Å². The van der Waals surface area contributed by atoms with E-state index in [9.17, 15) is 13.2 Å². The van der Waals surface area contributed by atoms with Gasteiger partial charge in [-0.05, 0) is 69.2 Å². The number of rotatable bonds is 7. The minimum Gasteiger partial charge on any atom is -0.492 e. The molecule has 2 rings (SSSR count).